The van der Waals surface area contributed by atoms with Crippen molar-refractivity contribution in [2.24, 2.45) is 5.73 Å². The number of amides is 1. The van der Waals surface area contributed by atoms with Crippen LogP contribution in [0, 0.1) is 11.3 Å². The molecule has 0 aliphatic heterocycles. The van der Waals surface area contributed by atoms with Gasteiger partial charge in [-0.2, -0.15) is 5.26 Å². The van der Waals surface area contributed by atoms with E-state index < -0.39 is 5.91 Å². The zero-order chi connectivity index (χ0) is 27.2. The van der Waals surface area contributed by atoms with E-state index in [1.165, 1.54) is 0 Å². The summed E-state index contributed by atoms with van der Waals surface area (Å²) in [6.07, 6.45) is 3.80. The number of carbonyl (C=O) groups is 1. The molecule has 12 nitrogen and oxygen atoms in total. The summed E-state index contributed by atoms with van der Waals surface area (Å²) in [7, 11) is 1.84. The predicted molar refractivity (Wildman–Crippen MR) is 146 cm³/mol. The fourth-order valence-electron chi connectivity index (χ4n) is 4.05. The number of imidazole rings is 2. The van der Waals surface area contributed by atoms with Crippen molar-refractivity contribution in [2.45, 2.75) is 0 Å². The van der Waals surface area contributed by atoms with Crippen LogP contribution < -0.4 is 15.8 Å². The van der Waals surface area contributed by atoms with E-state index in [2.05, 4.69) is 11.4 Å². The Hall–Kier alpha value is -4.22. The molecule has 39 heavy (non-hydrogen) atoms. The minimum absolute atomic E-state index is 0.103. The number of benzene rings is 1. The predicted octanol–water partition coefficient (Wildman–Crippen LogP) is 2.69. The summed E-state index contributed by atoms with van der Waals surface area (Å²) in [5.41, 5.74) is 8.71. The number of nitriles is 1. The minimum Gasteiger partial charge on any atom is -0.491 e. The number of hydrogen-bond acceptors (Lipinski definition) is 10. The minimum atomic E-state index is -0.500. The normalized spacial score (nSPS) is 11.4. The number of hydrogen-bond donors (Lipinski definition) is 2. The van der Waals surface area contributed by atoms with Gasteiger partial charge in [-0.1, -0.05) is 11.3 Å². The highest BCUT2D eigenvalue weighted by atomic mass is 32.1. The van der Waals surface area contributed by atoms with Gasteiger partial charge < -0.3 is 30.0 Å². The second-order valence-corrected chi connectivity index (χ2v) is 9.43. The van der Waals surface area contributed by atoms with E-state index in [0.717, 1.165) is 38.1 Å². The van der Waals surface area contributed by atoms with Crippen molar-refractivity contribution in [2.75, 3.05) is 58.6 Å². The average molecular weight is 550 g/mol. The van der Waals surface area contributed by atoms with Crippen molar-refractivity contribution in [3.63, 3.8) is 0 Å². The summed E-state index contributed by atoms with van der Waals surface area (Å²) in [5.74, 6) is 1.06. The number of nitrogens with zero attached hydrogens (tertiary/aromatic N) is 5. The van der Waals surface area contributed by atoms with Crippen LogP contribution in [-0.4, -0.2) is 78.0 Å². The van der Waals surface area contributed by atoms with Gasteiger partial charge >= 0.3 is 0 Å². The van der Waals surface area contributed by atoms with Crippen LogP contribution >= 0.6 is 11.3 Å². The molecular weight excluding hydrogens is 522 g/mol. The van der Waals surface area contributed by atoms with Crippen LogP contribution in [0.2, 0.25) is 0 Å². The van der Waals surface area contributed by atoms with E-state index in [-0.39, 0.29) is 6.61 Å². The molecule has 0 unspecified atom stereocenters. The van der Waals surface area contributed by atoms with Crippen LogP contribution in [-0.2, 0) is 19.0 Å². The Morgan fingerprint density at radius 3 is 2.56 bits per heavy atom. The molecule has 0 atom stereocenters. The first-order valence-corrected chi connectivity index (χ1v) is 13.1. The quantitative estimate of drug-likeness (QED) is 0.199. The van der Waals surface area contributed by atoms with Gasteiger partial charge in [-0.05, 0) is 30.3 Å². The standard InChI is InChI=1S/C26H27N7O5S/c1-29-25-24(31-23-12-17(14-27)4-5-32(23)25)19-15-33-20-3-2-18(13-21(20)39-26(33)30-19)38-11-10-36-7-6-35-8-9-37-16-22(28)34/h2-5,12-13,15,29H,6-11,16H2,1H3,(H2,28,34). The molecule has 0 fully saturated rings. The number of nitrogens with one attached hydrogen (secondary N) is 1. The Bertz CT molecular complexity index is 1650. The number of aromatic nitrogens is 4. The van der Waals surface area contributed by atoms with Crippen molar-refractivity contribution in [3.05, 3.63) is 48.3 Å². The fourth-order valence-corrected chi connectivity index (χ4v) is 5.08. The fraction of sp³-hybridized carbons (Fsp3) is 0.308. The summed E-state index contributed by atoms with van der Waals surface area (Å²) < 4.78 is 26.7. The lowest BCUT2D eigenvalue weighted by Gasteiger charge is -2.08. The molecule has 0 radical (unpaired) electrons. The maximum Gasteiger partial charge on any atom is 0.243 e. The number of nitrogens with two attached hydrogens (primary N) is 1. The van der Waals surface area contributed by atoms with Crippen molar-refractivity contribution in [1.82, 2.24) is 18.8 Å². The lowest BCUT2D eigenvalue weighted by atomic mass is 10.3. The summed E-state index contributed by atoms with van der Waals surface area (Å²) >= 11 is 1.57. The number of fused-ring (bicyclic) bond motifs is 4. The number of carbonyl (C=O) groups excluding carboxylic acids is 1. The first-order chi connectivity index (χ1) is 19.1. The van der Waals surface area contributed by atoms with E-state index in [9.17, 15) is 10.1 Å². The Morgan fingerprint density at radius 1 is 1.05 bits per heavy atom. The maximum absolute atomic E-state index is 10.6. The largest absolute Gasteiger partial charge is 0.491 e. The highest BCUT2D eigenvalue weighted by molar-refractivity contribution is 7.23. The van der Waals surface area contributed by atoms with E-state index >= 15 is 0 Å². The molecule has 4 aromatic heterocycles. The second-order valence-electron chi connectivity index (χ2n) is 8.42. The first kappa shape index (κ1) is 26.4. The monoisotopic (exact) mass is 549 g/mol. The SMILES string of the molecule is CNc1c(-c2cn3c(n2)sc2cc(OCCOCCOCCOCC(N)=O)ccc23)nc2cc(C#N)ccn12. The Morgan fingerprint density at radius 2 is 1.82 bits per heavy atom. The van der Waals surface area contributed by atoms with E-state index in [1.54, 1.807) is 23.5 Å². The second kappa shape index (κ2) is 12.1. The lowest BCUT2D eigenvalue weighted by molar-refractivity contribution is -0.123. The average Bonchev–Trinajstić information content (AvgIpc) is 3.61. The molecule has 5 aromatic rings. The highest BCUT2D eigenvalue weighted by Crippen LogP contribution is 2.34. The van der Waals surface area contributed by atoms with Gasteiger partial charge in [-0.3, -0.25) is 13.6 Å². The molecule has 1 aromatic carbocycles. The van der Waals surface area contributed by atoms with Crippen molar-refractivity contribution in [1.29, 1.82) is 5.26 Å². The van der Waals surface area contributed by atoms with Crippen LogP contribution in [0.15, 0.2) is 42.7 Å². The Balaban J connectivity index is 1.17. The van der Waals surface area contributed by atoms with E-state index in [4.69, 9.17) is 34.6 Å². The summed E-state index contributed by atoms with van der Waals surface area (Å²) in [6, 6.07) is 11.6. The van der Waals surface area contributed by atoms with Crippen molar-refractivity contribution >= 4 is 43.9 Å². The topological polar surface area (TPSA) is 150 Å². The third kappa shape index (κ3) is 5.94. The Labute approximate surface area is 227 Å². The molecule has 1 amide bonds. The van der Waals surface area contributed by atoms with Gasteiger partial charge in [0, 0.05) is 19.4 Å². The summed E-state index contributed by atoms with van der Waals surface area (Å²) in [6.45, 7) is 2.28. The van der Waals surface area contributed by atoms with Crippen LogP contribution in [0.1, 0.15) is 5.56 Å². The lowest BCUT2D eigenvalue weighted by Crippen LogP contribution is -2.20. The van der Waals surface area contributed by atoms with E-state index in [0.29, 0.717) is 50.9 Å². The highest BCUT2D eigenvalue weighted by Gasteiger charge is 2.18. The van der Waals surface area contributed by atoms with Crippen molar-refractivity contribution in [3.8, 4) is 23.2 Å². The van der Waals surface area contributed by atoms with E-state index in [1.807, 2.05) is 46.4 Å². The molecule has 0 spiro atoms. The number of thiazole rings is 1. The molecule has 5 rings (SSSR count). The number of anilines is 1. The zero-order valence-electron chi connectivity index (χ0n) is 21.3. The third-order valence-corrected chi connectivity index (χ3v) is 6.80. The van der Waals surface area contributed by atoms with Gasteiger partial charge in [-0.25, -0.2) is 9.97 Å². The van der Waals surface area contributed by atoms with Gasteiger partial charge in [0.1, 0.15) is 41.8 Å². The molecule has 202 valence electrons. The summed E-state index contributed by atoms with van der Waals surface area (Å²) in [5, 5.41) is 12.4. The zero-order valence-corrected chi connectivity index (χ0v) is 22.1. The van der Waals surface area contributed by atoms with Crippen LogP contribution in [0.5, 0.6) is 5.75 Å². The molecule has 0 aliphatic rings. The van der Waals surface area contributed by atoms with Gasteiger partial charge in [0.05, 0.1) is 54.9 Å². The van der Waals surface area contributed by atoms with Crippen LogP contribution in [0.4, 0.5) is 5.82 Å². The molecular formula is C26H27N7O5S. The molecule has 4 heterocycles. The molecule has 0 saturated heterocycles. The summed E-state index contributed by atoms with van der Waals surface area (Å²) in [4.78, 5) is 21.0. The van der Waals surface area contributed by atoms with Crippen molar-refractivity contribution < 1.29 is 23.7 Å². The molecule has 0 bridgehead atoms. The smallest absolute Gasteiger partial charge is 0.243 e. The van der Waals surface area contributed by atoms with Gasteiger partial charge in [0.25, 0.3) is 0 Å². The molecule has 0 saturated carbocycles. The third-order valence-electron chi connectivity index (χ3n) is 5.79. The van der Waals surface area contributed by atoms with Crippen LogP contribution in [0.25, 0.3) is 32.2 Å². The molecule has 13 heteroatoms. The van der Waals surface area contributed by atoms with Crippen LogP contribution in [0.3, 0.4) is 0 Å². The number of ether oxygens (including phenoxy) is 4. The van der Waals surface area contributed by atoms with Gasteiger partial charge in [0.2, 0.25) is 5.91 Å². The first-order valence-electron chi connectivity index (χ1n) is 12.2. The maximum atomic E-state index is 10.6. The van der Waals surface area contributed by atoms with Gasteiger partial charge in [0.15, 0.2) is 4.96 Å². The molecule has 0 aliphatic carbocycles. The number of pyridine rings is 1. The number of rotatable bonds is 14. The molecule has 3 N–H and O–H groups in total. The Kier molecular flexibility index (Phi) is 8.18. The van der Waals surface area contributed by atoms with Gasteiger partial charge in [-0.15, -0.1) is 0 Å². The number of primary amides is 1.